The zero-order valence-electron chi connectivity index (χ0n) is 8.72. The molecule has 4 rings (SSSR count). The van der Waals surface area contributed by atoms with Crippen LogP contribution in [0.2, 0.25) is 0 Å². The summed E-state index contributed by atoms with van der Waals surface area (Å²) in [5.41, 5.74) is -0.280. The molecule has 0 N–H and O–H groups in total. The van der Waals surface area contributed by atoms with Crippen LogP contribution in [0.1, 0.15) is 38.5 Å². The minimum absolute atomic E-state index is 0.165. The maximum atomic E-state index is 13.2. The summed E-state index contributed by atoms with van der Waals surface area (Å²) < 4.78 is 13.2. The van der Waals surface area contributed by atoms with Crippen LogP contribution in [0, 0.1) is 23.2 Å². The Morgan fingerprint density at radius 2 is 1.53 bits per heavy atom. The fourth-order valence-corrected chi connectivity index (χ4v) is 5.13. The SMILES string of the molecule is O=C(C(F)Br)C12CC3CC(CC(C3)C1)C2. The molecule has 84 valence electrons. The molecule has 3 heteroatoms. The number of rotatable bonds is 2. The standard InChI is InChI=1S/C12H16BrFO/c13-11(14)10(15)12-4-7-1-8(5-12)3-9(2-7)6-12/h7-9,11H,1-6H2. The van der Waals surface area contributed by atoms with E-state index in [4.69, 9.17) is 0 Å². The number of hydrogen-bond donors (Lipinski definition) is 0. The molecule has 0 amide bonds. The summed E-state index contributed by atoms with van der Waals surface area (Å²) in [6.07, 6.45) is 6.78. The molecular formula is C12H16BrFO. The van der Waals surface area contributed by atoms with Crippen LogP contribution in [0.4, 0.5) is 4.39 Å². The van der Waals surface area contributed by atoms with Crippen LogP contribution in [0.15, 0.2) is 0 Å². The molecule has 0 spiro atoms. The van der Waals surface area contributed by atoms with Crippen LogP contribution in [-0.2, 0) is 4.79 Å². The highest BCUT2D eigenvalue weighted by Crippen LogP contribution is 2.60. The van der Waals surface area contributed by atoms with Crippen molar-refractivity contribution in [2.75, 3.05) is 0 Å². The zero-order chi connectivity index (χ0) is 10.6. The van der Waals surface area contributed by atoms with Gasteiger partial charge in [-0.1, -0.05) is 0 Å². The molecule has 15 heavy (non-hydrogen) atoms. The predicted octanol–water partition coefficient (Wildman–Crippen LogP) is 3.46. The predicted molar refractivity (Wildman–Crippen MR) is 59.4 cm³/mol. The summed E-state index contributed by atoms with van der Waals surface area (Å²) in [4.78, 5) is 12.0. The van der Waals surface area contributed by atoms with Crippen molar-refractivity contribution in [3.63, 3.8) is 0 Å². The van der Waals surface area contributed by atoms with E-state index in [0.29, 0.717) is 17.8 Å². The molecule has 4 aliphatic rings. The monoisotopic (exact) mass is 274 g/mol. The van der Waals surface area contributed by atoms with E-state index < -0.39 is 5.08 Å². The summed E-state index contributed by atoms with van der Waals surface area (Å²) >= 11 is 2.81. The van der Waals surface area contributed by atoms with Crippen molar-refractivity contribution in [3.8, 4) is 0 Å². The van der Waals surface area contributed by atoms with Gasteiger partial charge in [-0.15, -0.1) is 0 Å². The van der Waals surface area contributed by atoms with Crippen LogP contribution in [0.3, 0.4) is 0 Å². The Kier molecular flexibility index (Phi) is 2.24. The number of Topliss-reactive ketones (excluding diaryl/α,β-unsaturated/α-hetero) is 1. The molecule has 0 radical (unpaired) electrons. The maximum Gasteiger partial charge on any atom is 0.213 e. The molecule has 4 aliphatic carbocycles. The van der Waals surface area contributed by atoms with E-state index in [1.54, 1.807) is 0 Å². The lowest BCUT2D eigenvalue weighted by Crippen LogP contribution is -2.51. The fraction of sp³-hybridized carbons (Fsp3) is 0.917. The second kappa shape index (κ2) is 3.28. The third kappa shape index (κ3) is 1.49. The lowest BCUT2D eigenvalue weighted by atomic mass is 9.48. The van der Waals surface area contributed by atoms with Crippen molar-refractivity contribution in [1.29, 1.82) is 0 Å². The van der Waals surface area contributed by atoms with E-state index in [0.717, 1.165) is 19.3 Å². The molecule has 0 aromatic carbocycles. The Bertz CT molecular complexity index is 265. The van der Waals surface area contributed by atoms with Crippen LogP contribution in [0.25, 0.3) is 0 Å². The van der Waals surface area contributed by atoms with Gasteiger partial charge in [-0.05, 0) is 72.2 Å². The zero-order valence-corrected chi connectivity index (χ0v) is 10.3. The molecule has 1 nitrogen and oxygen atoms in total. The van der Waals surface area contributed by atoms with Gasteiger partial charge in [0.15, 0.2) is 5.78 Å². The van der Waals surface area contributed by atoms with Crippen LogP contribution in [-0.4, -0.2) is 10.9 Å². The van der Waals surface area contributed by atoms with E-state index in [2.05, 4.69) is 15.9 Å². The first kappa shape index (κ1) is 10.2. The Balaban J connectivity index is 1.90. The van der Waals surface area contributed by atoms with E-state index in [-0.39, 0.29) is 11.2 Å². The lowest BCUT2D eigenvalue weighted by Gasteiger charge is -2.55. The van der Waals surface area contributed by atoms with E-state index >= 15 is 0 Å². The Morgan fingerprint density at radius 3 is 1.87 bits per heavy atom. The number of alkyl halides is 2. The smallest absolute Gasteiger partial charge is 0.213 e. The molecular weight excluding hydrogens is 259 g/mol. The van der Waals surface area contributed by atoms with Crippen molar-refractivity contribution in [1.82, 2.24) is 0 Å². The molecule has 0 saturated heterocycles. The Labute approximate surface area is 97.9 Å². The highest BCUT2D eigenvalue weighted by atomic mass is 79.9. The number of halogens is 2. The van der Waals surface area contributed by atoms with Crippen LogP contribution in [0.5, 0.6) is 0 Å². The molecule has 4 saturated carbocycles. The summed E-state index contributed by atoms with van der Waals surface area (Å²) in [7, 11) is 0. The van der Waals surface area contributed by atoms with Gasteiger partial charge >= 0.3 is 0 Å². The van der Waals surface area contributed by atoms with Crippen molar-refractivity contribution in [2.24, 2.45) is 23.2 Å². The molecule has 0 aromatic rings. The van der Waals surface area contributed by atoms with Crippen LogP contribution < -0.4 is 0 Å². The molecule has 0 heterocycles. The van der Waals surface area contributed by atoms with Gasteiger partial charge in [-0.3, -0.25) is 4.79 Å². The molecule has 4 bridgehead atoms. The Morgan fingerprint density at radius 1 is 1.13 bits per heavy atom. The van der Waals surface area contributed by atoms with Crippen molar-refractivity contribution in [3.05, 3.63) is 0 Å². The molecule has 1 unspecified atom stereocenters. The number of carbonyl (C=O) groups excluding carboxylic acids is 1. The minimum Gasteiger partial charge on any atom is -0.295 e. The lowest BCUT2D eigenvalue weighted by molar-refractivity contribution is -0.145. The van der Waals surface area contributed by atoms with Crippen molar-refractivity contribution < 1.29 is 9.18 Å². The van der Waals surface area contributed by atoms with Gasteiger partial charge in [0.25, 0.3) is 0 Å². The number of ketones is 1. The first-order valence-corrected chi connectivity index (χ1v) is 6.83. The van der Waals surface area contributed by atoms with Crippen molar-refractivity contribution >= 4 is 21.7 Å². The highest BCUT2D eigenvalue weighted by Gasteiger charge is 2.55. The summed E-state index contributed by atoms with van der Waals surface area (Å²) in [6, 6.07) is 0. The average Bonchev–Trinajstić information content (AvgIpc) is 2.14. The quantitative estimate of drug-likeness (QED) is 0.705. The highest BCUT2D eigenvalue weighted by molar-refractivity contribution is 9.09. The van der Waals surface area contributed by atoms with Gasteiger partial charge in [-0.2, -0.15) is 0 Å². The molecule has 1 atom stereocenters. The Hall–Kier alpha value is 0.0800. The first-order valence-electron chi connectivity index (χ1n) is 5.91. The maximum absolute atomic E-state index is 13.2. The number of carbonyl (C=O) groups is 1. The van der Waals surface area contributed by atoms with Gasteiger partial charge in [0.2, 0.25) is 5.08 Å². The van der Waals surface area contributed by atoms with Gasteiger partial charge < -0.3 is 0 Å². The summed E-state index contributed by atoms with van der Waals surface area (Å²) in [5.74, 6) is 1.98. The van der Waals surface area contributed by atoms with E-state index in [1.165, 1.54) is 19.3 Å². The summed E-state index contributed by atoms with van der Waals surface area (Å²) in [5, 5.41) is -1.44. The average molecular weight is 275 g/mol. The van der Waals surface area contributed by atoms with E-state index in [1.807, 2.05) is 0 Å². The third-order valence-electron chi connectivity index (χ3n) is 4.76. The van der Waals surface area contributed by atoms with E-state index in [9.17, 15) is 9.18 Å². The summed E-state index contributed by atoms with van der Waals surface area (Å²) in [6.45, 7) is 0. The molecule has 0 aromatic heterocycles. The van der Waals surface area contributed by atoms with Gasteiger partial charge in [0.1, 0.15) is 0 Å². The second-order valence-corrected chi connectivity index (χ2v) is 6.67. The topological polar surface area (TPSA) is 17.1 Å². The third-order valence-corrected chi connectivity index (χ3v) is 5.17. The minimum atomic E-state index is -1.44. The molecule has 4 fully saturated rings. The van der Waals surface area contributed by atoms with Gasteiger partial charge in [0.05, 0.1) is 0 Å². The normalized spacial score (nSPS) is 49.3. The van der Waals surface area contributed by atoms with Gasteiger partial charge in [0, 0.05) is 5.41 Å². The second-order valence-electron chi connectivity index (χ2n) is 5.86. The fourth-order valence-electron chi connectivity index (χ4n) is 4.64. The van der Waals surface area contributed by atoms with Crippen LogP contribution >= 0.6 is 15.9 Å². The first-order chi connectivity index (χ1) is 7.09. The number of hydrogen-bond acceptors (Lipinski definition) is 1. The van der Waals surface area contributed by atoms with Gasteiger partial charge in [-0.25, -0.2) is 4.39 Å². The van der Waals surface area contributed by atoms with Crippen molar-refractivity contribution in [2.45, 2.75) is 43.6 Å². The largest absolute Gasteiger partial charge is 0.295 e. The molecule has 0 aliphatic heterocycles.